The number of aromatic nitrogens is 1. The van der Waals surface area contributed by atoms with Crippen LogP contribution in [0.25, 0.3) is 38.6 Å². The Labute approximate surface area is 204 Å². The Kier molecular flexibility index (Phi) is 6.06. The van der Waals surface area contributed by atoms with Gasteiger partial charge in [0.2, 0.25) is 5.91 Å². The van der Waals surface area contributed by atoms with Crippen molar-refractivity contribution in [2.24, 2.45) is 0 Å². The SMILES string of the molecule is CCOc1c(/C(C)=C/C(=O)Nc2cccc3ncccc23)cc2c(-c3ccccc3)coc2c1C. The third kappa shape index (κ3) is 4.28. The number of fused-ring (bicyclic) bond motifs is 2. The van der Waals surface area contributed by atoms with E-state index in [0.29, 0.717) is 6.61 Å². The second-order valence-electron chi connectivity index (χ2n) is 8.40. The summed E-state index contributed by atoms with van der Waals surface area (Å²) in [7, 11) is 0. The maximum atomic E-state index is 13.0. The van der Waals surface area contributed by atoms with Crippen molar-refractivity contribution < 1.29 is 13.9 Å². The molecule has 2 aromatic heterocycles. The minimum absolute atomic E-state index is 0.213. The molecule has 1 amide bonds. The number of carbonyl (C=O) groups is 1. The van der Waals surface area contributed by atoms with E-state index in [-0.39, 0.29) is 5.91 Å². The number of rotatable bonds is 6. The van der Waals surface area contributed by atoms with Crippen LogP contribution in [0.2, 0.25) is 0 Å². The summed E-state index contributed by atoms with van der Waals surface area (Å²) in [4.78, 5) is 17.4. The number of pyridine rings is 1. The summed E-state index contributed by atoms with van der Waals surface area (Å²) >= 11 is 0. The molecule has 5 heteroatoms. The van der Waals surface area contributed by atoms with E-state index in [1.165, 1.54) is 0 Å². The number of nitrogens with zero attached hydrogens (tertiary/aromatic N) is 1. The molecule has 0 radical (unpaired) electrons. The van der Waals surface area contributed by atoms with Gasteiger partial charge in [-0.3, -0.25) is 9.78 Å². The minimum atomic E-state index is -0.213. The molecule has 0 saturated carbocycles. The van der Waals surface area contributed by atoms with Gasteiger partial charge in [0.05, 0.1) is 24.1 Å². The average Bonchev–Trinajstić information content (AvgIpc) is 3.31. The molecule has 0 aliphatic rings. The fourth-order valence-corrected chi connectivity index (χ4v) is 4.44. The lowest BCUT2D eigenvalue weighted by atomic mass is 9.96. The van der Waals surface area contributed by atoms with Crippen molar-refractivity contribution in [3.63, 3.8) is 0 Å². The maximum absolute atomic E-state index is 13.0. The van der Waals surface area contributed by atoms with Crippen molar-refractivity contribution in [2.45, 2.75) is 20.8 Å². The summed E-state index contributed by atoms with van der Waals surface area (Å²) in [5, 5.41) is 4.89. The lowest BCUT2D eigenvalue weighted by Crippen LogP contribution is -2.09. The molecular weight excluding hydrogens is 436 g/mol. The first-order valence-corrected chi connectivity index (χ1v) is 11.6. The molecule has 35 heavy (non-hydrogen) atoms. The third-order valence-corrected chi connectivity index (χ3v) is 6.09. The predicted molar refractivity (Wildman–Crippen MR) is 142 cm³/mol. The molecule has 2 heterocycles. The van der Waals surface area contributed by atoms with Crippen LogP contribution in [0.3, 0.4) is 0 Å². The van der Waals surface area contributed by atoms with Crippen LogP contribution in [0.15, 0.2) is 89.7 Å². The average molecular weight is 463 g/mol. The van der Waals surface area contributed by atoms with Gasteiger partial charge < -0.3 is 14.5 Å². The molecule has 0 unspecified atom stereocenters. The Hall–Kier alpha value is -4.38. The predicted octanol–water partition coefficient (Wildman–Crippen LogP) is 7.40. The highest BCUT2D eigenvalue weighted by molar-refractivity contribution is 6.09. The van der Waals surface area contributed by atoms with Crippen molar-refractivity contribution in [3.8, 4) is 16.9 Å². The summed E-state index contributed by atoms with van der Waals surface area (Å²) in [5.41, 5.74) is 7.01. The van der Waals surface area contributed by atoms with Crippen molar-refractivity contribution in [1.29, 1.82) is 0 Å². The number of allylic oxidation sites excluding steroid dienone is 1. The number of aryl methyl sites for hydroxylation is 1. The quantitative estimate of drug-likeness (QED) is 0.267. The summed E-state index contributed by atoms with van der Waals surface area (Å²) in [6.45, 7) is 6.38. The standard InChI is InChI=1S/C30H26N2O3/c1-4-34-29-20(3)30-24(25(18-35-30)21-10-6-5-7-11-21)17-23(29)19(2)16-28(33)32-27-14-8-13-26-22(27)12-9-15-31-26/h5-18H,4H2,1-3H3,(H,32,33)/b19-16+. The number of hydrogen-bond acceptors (Lipinski definition) is 4. The summed E-state index contributed by atoms with van der Waals surface area (Å²) in [5.74, 6) is 0.513. The molecule has 174 valence electrons. The van der Waals surface area contributed by atoms with Crippen molar-refractivity contribution in [1.82, 2.24) is 4.98 Å². The number of nitrogens with one attached hydrogen (secondary N) is 1. The molecule has 0 fully saturated rings. The van der Waals surface area contributed by atoms with Gasteiger partial charge >= 0.3 is 0 Å². The monoisotopic (exact) mass is 462 g/mol. The number of anilines is 1. The van der Waals surface area contributed by atoms with Crippen LogP contribution in [0.5, 0.6) is 5.75 Å². The highest BCUT2D eigenvalue weighted by Gasteiger charge is 2.19. The first-order valence-electron chi connectivity index (χ1n) is 11.6. The lowest BCUT2D eigenvalue weighted by molar-refractivity contribution is -0.111. The zero-order valence-electron chi connectivity index (χ0n) is 20.0. The van der Waals surface area contributed by atoms with Crippen molar-refractivity contribution in [2.75, 3.05) is 11.9 Å². The van der Waals surface area contributed by atoms with E-state index in [1.807, 2.05) is 69.3 Å². The van der Waals surface area contributed by atoms with Crippen LogP contribution >= 0.6 is 0 Å². The molecule has 0 aliphatic carbocycles. The van der Waals surface area contributed by atoms with Gasteiger partial charge in [-0.15, -0.1) is 0 Å². The van der Waals surface area contributed by atoms with E-state index < -0.39 is 0 Å². The summed E-state index contributed by atoms with van der Waals surface area (Å²) in [6, 6.07) is 21.7. The van der Waals surface area contributed by atoms with Crippen molar-refractivity contribution in [3.05, 3.63) is 96.4 Å². The van der Waals surface area contributed by atoms with Crippen LogP contribution in [-0.4, -0.2) is 17.5 Å². The Morgan fingerprint density at radius 1 is 1.06 bits per heavy atom. The van der Waals surface area contributed by atoms with Crippen LogP contribution in [0, 0.1) is 6.92 Å². The van der Waals surface area contributed by atoms with E-state index in [2.05, 4.69) is 28.5 Å². The molecule has 5 aromatic rings. The zero-order chi connectivity index (χ0) is 24.4. The van der Waals surface area contributed by atoms with Gasteiger partial charge in [-0.1, -0.05) is 36.4 Å². The van der Waals surface area contributed by atoms with Crippen LogP contribution < -0.4 is 10.1 Å². The van der Waals surface area contributed by atoms with E-state index >= 15 is 0 Å². The topological polar surface area (TPSA) is 64.4 Å². The minimum Gasteiger partial charge on any atom is -0.493 e. The number of ether oxygens (including phenoxy) is 1. The molecule has 0 spiro atoms. The highest BCUT2D eigenvalue weighted by atomic mass is 16.5. The normalized spacial score (nSPS) is 11.7. The fraction of sp³-hybridized carbons (Fsp3) is 0.133. The Balaban J connectivity index is 1.56. The van der Waals surface area contributed by atoms with Crippen LogP contribution in [0.4, 0.5) is 5.69 Å². The molecule has 0 aliphatic heterocycles. The van der Waals surface area contributed by atoms with Crippen LogP contribution in [0.1, 0.15) is 25.0 Å². The Bertz CT molecular complexity index is 1560. The van der Waals surface area contributed by atoms with Gasteiger partial charge in [0.25, 0.3) is 0 Å². The van der Waals surface area contributed by atoms with Crippen molar-refractivity contribution >= 4 is 39.0 Å². The Morgan fingerprint density at radius 2 is 1.89 bits per heavy atom. The highest BCUT2D eigenvalue weighted by Crippen LogP contribution is 2.40. The van der Waals surface area contributed by atoms with E-state index in [1.54, 1.807) is 18.5 Å². The first kappa shape index (κ1) is 22.4. The maximum Gasteiger partial charge on any atom is 0.248 e. The Morgan fingerprint density at radius 3 is 2.69 bits per heavy atom. The molecule has 3 aromatic carbocycles. The second-order valence-corrected chi connectivity index (χ2v) is 8.40. The van der Waals surface area contributed by atoms with E-state index in [9.17, 15) is 4.79 Å². The van der Waals surface area contributed by atoms with Gasteiger partial charge in [-0.2, -0.15) is 0 Å². The number of hydrogen-bond donors (Lipinski definition) is 1. The van der Waals surface area contributed by atoms with Crippen LogP contribution in [-0.2, 0) is 4.79 Å². The smallest absolute Gasteiger partial charge is 0.248 e. The van der Waals surface area contributed by atoms with Gasteiger partial charge in [-0.05, 0) is 62.2 Å². The molecular formula is C30H26N2O3. The first-order chi connectivity index (χ1) is 17.1. The fourth-order valence-electron chi connectivity index (χ4n) is 4.44. The molecule has 5 nitrogen and oxygen atoms in total. The number of carbonyl (C=O) groups excluding carboxylic acids is 1. The molecule has 0 bridgehead atoms. The third-order valence-electron chi connectivity index (χ3n) is 6.09. The number of benzene rings is 3. The van der Waals surface area contributed by atoms with E-state index in [4.69, 9.17) is 9.15 Å². The zero-order valence-corrected chi connectivity index (χ0v) is 20.0. The lowest BCUT2D eigenvalue weighted by Gasteiger charge is -2.15. The molecule has 5 rings (SSSR count). The van der Waals surface area contributed by atoms with Gasteiger partial charge in [0.15, 0.2) is 0 Å². The summed E-state index contributed by atoms with van der Waals surface area (Å²) in [6.07, 6.45) is 5.14. The molecule has 1 N–H and O–H groups in total. The summed E-state index contributed by atoms with van der Waals surface area (Å²) < 4.78 is 12.0. The molecule has 0 atom stereocenters. The largest absolute Gasteiger partial charge is 0.493 e. The van der Waals surface area contributed by atoms with Gasteiger partial charge in [0.1, 0.15) is 11.3 Å². The van der Waals surface area contributed by atoms with Gasteiger partial charge in [0, 0.05) is 39.7 Å². The van der Waals surface area contributed by atoms with E-state index in [0.717, 1.165) is 61.1 Å². The van der Waals surface area contributed by atoms with Gasteiger partial charge in [-0.25, -0.2) is 0 Å². The number of furan rings is 1. The molecule has 0 saturated heterocycles. The number of amides is 1. The second kappa shape index (κ2) is 9.47.